The minimum absolute atomic E-state index is 0.165. The Bertz CT molecular complexity index is 792. The Morgan fingerprint density at radius 2 is 1.52 bits per heavy atom. The Hall–Kier alpha value is -1.13. The van der Waals surface area contributed by atoms with Gasteiger partial charge in [0.05, 0.1) is 4.90 Å². The second-order valence-electron chi connectivity index (χ2n) is 9.38. The Balaban J connectivity index is 1.96. The van der Waals surface area contributed by atoms with Crippen LogP contribution in [0.5, 0.6) is 0 Å². The van der Waals surface area contributed by atoms with Gasteiger partial charge in [-0.05, 0) is 65.0 Å². The molecule has 3 rings (SSSR count). The zero-order valence-electron chi connectivity index (χ0n) is 17.6. The zero-order valence-corrected chi connectivity index (χ0v) is 18.4. The average molecular weight is 390 g/mol. The first-order valence-corrected chi connectivity index (χ1v) is 11.9. The van der Waals surface area contributed by atoms with Gasteiger partial charge < -0.3 is 0 Å². The molecule has 0 spiro atoms. The SMILES string of the molecule is CC(C)c1cc(C(C)C)c(S(=O)(=O)NC[C@H]2C[C@H]3C=C[C@H]2C3)c(C(C)C)c1. The maximum absolute atomic E-state index is 13.4. The molecular weight excluding hydrogens is 354 g/mol. The van der Waals surface area contributed by atoms with Crippen molar-refractivity contribution in [1.82, 2.24) is 4.72 Å². The summed E-state index contributed by atoms with van der Waals surface area (Å²) < 4.78 is 29.8. The van der Waals surface area contributed by atoms with Crippen molar-refractivity contribution >= 4 is 10.0 Å². The highest BCUT2D eigenvalue weighted by atomic mass is 32.2. The first-order chi connectivity index (χ1) is 12.6. The van der Waals surface area contributed by atoms with Crippen LogP contribution in [0.2, 0.25) is 0 Å². The van der Waals surface area contributed by atoms with E-state index in [-0.39, 0.29) is 11.8 Å². The second kappa shape index (κ2) is 7.71. The van der Waals surface area contributed by atoms with Crippen molar-refractivity contribution in [3.05, 3.63) is 41.0 Å². The fourth-order valence-electron chi connectivity index (χ4n) is 4.62. The van der Waals surface area contributed by atoms with E-state index in [9.17, 15) is 8.42 Å². The Kier molecular flexibility index (Phi) is 5.88. The molecule has 0 radical (unpaired) electrons. The number of fused-ring (bicyclic) bond motifs is 2. The highest BCUT2D eigenvalue weighted by Gasteiger charge is 2.36. The number of nitrogens with one attached hydrogen (secondary N) is 1. The number of sulfonamides is 1. The van der Waals surface area contributed by atoms with Crippen molar-refractivity contribution in [2.45, 2.75) is 77.0 Å². The molecule has 0 unspecified atom stereocenters. The van der Waals surface area contributed by atoms with Crippen LogP contribution in [-0.2, 0) is 10.0 Å². The van der Waals surface area contributed by atoms with Gasteiger partial charge in [0, 0.05) is 6.54 Å². The van der Waals surface area contributed by atoms with Crippen molar-refractivity contribution in [3.63, 3.8) is 0 Å². The van der Waals surface area contributed by atoms with Crippen LogP contribution in [0, 0.1) is 17.8 Å². The summed E-state index contributed by atoms with van der Waals surface area (Å²) in [6.07, 6.45) is 6.89. The van der Waals surface area contributed by atoms with E-state index < -0.39 is 10.0 Å². The van der Waals surface area contributed by atoms with Crippen LogP contribution < -0.4 is 4.72 Å². The van der Waals surface area contributed by atoms with Crippen LogP contribution in [0.1, 0.15) is 88.8 Å². The van der Waals surface area contributed by atoms with Crippen molar-refractivity contribution in [1.29, 1.82) is 0 Å². The molecule has 27 heavy (non-hydrogen) atoms. The predicted molar refractivity (Wildman–Crippen MR) is 113 cm³/mol. The fraction of sp³-hybridized carbons (Fsp3) is 0.652. The van der Waals surface area contributed by atoms with E-state index in [0.29, 0.717) is 35.1 Å². The molecule has 0 amide bonds. The van der Waals surface area contributed by atoms with Gasteiger partial charge in [-0.3, -0.25) is 0 Å². The van der Waals surface area contributed by atoms with E-state index in [4.69, 9.17) is 0 Å². The molecule has 0 saturated heterocycles. The van der Waals surface area contributed by atoms with Gasteiger partial charge in [-0.2, -0.15) is 0 Å². The van der Waals surface area contributed by atoms with Gasteiger partial charge in [0.1, 0.15) is 0 Å². The molecule has 1 saturated carbocycles. The Labute approximate surface area is 165 Å². The van der Waals surface area contributed by atoms with E-state index in [1.807, 2.05) is 0 Å². The molecular formula is C23H35NO2S. The van der Waals surface area contributed by atoms with Crippen molar-refractivity contribution in [3.8, 4) is 0 Å². The molecule has 0 heterocycles. The predicted octanol–water partition coefficient (Wildman–Crippen LogP) is 5.55. The lowest BCUT2D eigenvalue weighted by Crippen LogP contribution is -2.32. The third kappa shape index (κ3) is 4.17. The molecule has 1 aromatic rings. The summed E-state index contributed by atoms with van der Waals surface area (Å²) in [6, 6.07) is 4.21. The lowest BCUT2D eigenvalue weighted by molar-refractivity contribution is 0.440. The van der Waals surface area contributed by atoms with E-state index >= 15 is 0 Å². The van der Waals surface area contributed by atoms with Gasteiger partial charge in [-0.15, -0.1) is 0 Å². The van der Waals surface area contributed by atoms with Gasteiger partial charge in [0.15, 0.2) is 0 Å². The molecule has 150 valence electrons. The van der Waals surface area contributed by atoms with Crippen LogP contribution in [-0.4, -0.2) is 15.0 Å². The van der Waals surface area contributed by atoms with Crippen LogP contribution >= 0.6 is 0 Å². The number of allylic oxidation sites excluding steroid dienone is 2. The van der Waals surface area contributed by atoms with Crippen molar-refractivity contribution in [2.24, 2.45) is 17.8 Å². The third-order valence-corrected chi connectivity index (χ3v) is 7.86. The zero-order chi connectivity index (χ0) is 19.9. The number of hydrogen-bond acceptors (Lipinski definition) is 2. The van der Waals surface area contributed by atoms with Crippen LogP contribution in [0.4, 0.5) is 0 Å². The highest BCUT2D eigenvalue weighted by Crippen LogP contribution is 2.43. The third-order valence-electron chi connectivity index (χ3n) is 6.30. The highest BCUT2D eigenvalue weighted by molar-refractivity contribution is 7.89. The number of benzene rings is 1. The first-order valence-electron chi connectivity index (χ1n) is 10.5. The molecule has 3 atom stereocenters. The maximum Gasteiger partial charge on any atom is 0.241 e. The second-order valence-corrected chi connectivity index (χ2v) is 11.1. The quantitative estimate of drug-likeness (QED) is 0.622. The van der Waals surface area contributed by atoms with Crippen LogP contribution in [0.25, 0.3) is 0 Å². The standard InChI is InChI=1S/C23H35NO2S/c1-14(2)19-11-21(15(3)4)23(22(12-19)16(5)6)27(25,26)24-13-20-10-17-7-8-18(20)9-17/h7-8,11-12,14-18,20,24H,9-10,13H2,1-6H3/t17-,18-,20+/m0/s1. The average Bonchev–Trinajstić information content (AvgIpc) is 3.21. The molecule has 0 aromatic heterocycles. The van der Waals surface area contributed by atoms with Crippen LogP contribution in [0.15, 0.2) is 29.2 Å². The van der Waals surface area contributed by atoms with Crippen LogP contribution in [0.3, 0.4) is 0 Å². The molecule has 4 heteroatoms. The molecule has 2 bridgehead atoms. The van der Waals surface area contributed by atoms with Gasteiger partial charge in [0.2, 0.25) is 10.0 Å². The Morgan fingerprint density at radius 1 is 0.926 bits per heavy atom. The fourth-order valence-corrected chi connectivity index (χ4v) is 6.41. The first kappa shape index (κ1) is 20.6. The summed E-state index contributed by atoms with van der Waals surface area (Å²) in [5.41, 5.74) is 3.12. The molecule has 0 aliphatic heterocycles. The largest absolute Gasteiger partial charge is 0.241 e. The van der Waals surface area contributed by atoms with Gasteiger partial charge in [-0.1, -0.05) is 65.8 Å². The topological polar surface area (TPSA) is 46.2 Å². The van der Waals surface area contributed by atoms with Gasteiger partial charge >= 0.3 is 0 Å². The summed E-state index contributed by atoms with van der Waals surface area (Å²) in [7, 11) is -3.53. The van der Waals surface area contributed by atoms with Gasteiger partial charge in [-0.25, -0.2) is 13.1 Å². The molecule has 1 aromatic carbocycles. The molecule has 2 aliphatic rings. The summed E-state index contributed by atoms with van der Waals surface area (Å²) in [4.78, 5) is 0.524. The van der Waals surface area contributed by atoms with Gasteiger partial charge in [0.25, 0.3) is 0 Å². The lowest BCUT2D eigenvalue weighted by Gasteiger charge is -2.24. The molecule has 3 nitrogen and oxygen atoms in total. The monoisotopic (exact) mass is 389 g/mol. The lowest BCUT2D eigenvalue weighted by atomic mass is 9.89. The summed E-state index contributed by atoms with van der Waals surface area (Å²) >= 11 is 0. The van der Waals surface area contributed by atoms with E-state index in [1.165, 1.54) is 12.0 Å². The van der Waals surface area contributed by atoms with Crippen molar-refractivity contribution < 1.29 is 8.42 Å². The minimum atomic E-state index is -3.53. The molecule has 2 aliphatic carbocycles. The smallest absolute Gasteiger partial charge is 0.211 e. The Morgan fingerprint density at radius 3 is 1.93 bits per heavy atom. The molecule has 1 fully saturated rings. The minimum Gasteiger partial charge on any atom is -0.211 e. The number of rotatable bonds is 7. The normalized spacial score (nSPS) is 24.7. The van der Waals surface area contributed by atoms with E-state index in [1.54, 1.807) is 0 Å². The molecule has 1 N–H and O–H groups in total. The van der Waals surface area contributed by atoms with Crippen molar-refractivity contribution in [2.75, 3.05) is 6.54 Å². The maximum atomic E-state index is 13.4. The van der Waals surface area contributed by atoms with E-state index in [0.717, 1.165) is 17.5 Å². The summed E-state index contributed by atoms with van der Waals surface area (Å²) in [6.45, 7) is 13.2. The summed E-state index contributed by atoms with van der Waals surface area (Å²) in [5.74, 6) is 2.36. The van der Waals surface area contributed by atoms with E-state index in [2.05, 4.69) is 70.5 Å². The number of hydrogen-bond donors (Lipinski definition) is 1. The summed E-state index contributed by atoms with van der Waals surface area (Å²) in [5, 5.41) is 0.